The van der Waals surface area contributed by atoms with Crippen LogP contribution in [0.15, 0.2) is 24.3 Å². The van der Waals surface area contributed by atoms with Crippen LogP contribution >= 0.6 is 0 Å². The molecule has 0 aliphatic rings. The number of ether oxygens (including phenoxy) is 1. The Labute approximate surface area is 105 Å². The van der Waals surface area contributed by atoms with Crippen molar-refractivity contribution in [2.24, 2.45) is 5.73 Å². The number of nitrogens with two attached hydrogens (primary N) is 1. The van der Waals surface area contributed by atoms with Crippen molar-refractivity contribution in [1.29, 1.82) is 0 Å². The zero-order chi connectivity index (χ0) is 13.4. The van der Waals surface area contributed by atoms with Gasteiger partial charge in [-0.25, -0.2) is 4.79 Å². The van der Waals surface area contributed by atoms with Gasteiger partial charge in [0.15, 0.2) is 6.61 Å². The van der Waals surface area contributed by atoms with Gasteiger partial charge in [-0.15, -0.1) is 0 Å². The van der Waals surface area contributed by atoms with Gasteiger partial charge in [-0.05, 0) is 25.1 Å². The van der Waals surface area contributed by atoms with E-state index >= 15 is 0 Å². The molecule has 6 heteroatoms. The highest BCUT2D eigenvalue weighted by Crippen LogP contribution is 2.23. The molecular weight excluding hydrogens is 236 g/mol. The zero-order valence-corrected chi connectivity index (χ0v) is 9.89. The molecule has 0 saturated heterocycles. The molecule has 0 radical (unpaired) electrons. The van der Waals surface area contributed by atoms with Gasteiger partial charge >= 0.3 is 5.97 Å². The van der Waals surface area contributed by atoms with E-state index in [9.17, 15) is 9.59 Å². The second-order valence-electron chi connectivity index (χ2n) is 3.62. The van der Waals surface area contributed by atoms with Crippen LogP contribution < -0.4 is 15.8 Å². The molecule has 0 aliphatic carbocycles. The summed E-state index contributed by atoms with van der Waals surface area (Å²) in [5, 5.41) is 11.2. The molecule has 0 heterocycles. The molecule has 0 fully saturated rings. The minimum absolute atomic E-state index is 0.174. The van der Waals surface area contributed by atoms with Crippen LogP contribution in [0.2, 0.25) is 0 Å². The van der Waals surface area contributed by atoms with Crippen molar-refractivity contribution in [2.75, 3.05) is 18.5 Å². The maximum Gasteiger partial charge on any atom is 0.341 e. The molecule has 0 spiro atoms. The maximum absolute atomic E-state index is 11.5. The summed E-state index contributed by atoms with van der Waals surface area (Å²) < 4.78 is 5.06. The van der Waals surface area contributed by atoms with Crippen molar-refractivity contribution in [1.82, 2.24) is 0 Å². The molecule has 6 nitrogen and oxygen atoms in total. The summed E-state index contributed by atoms with van der Waals surface area (Å²) in [6.45, 7) is 0.000263. The molecule has 1 amide bonds. The molecule has 98 valence electrons. The lowest BCUT2D eigenvalue weighted by Crippen LogP contribution is -2.15. The van der Waals surface area contributed by atoms with E-state index in [4.69, 9.17) is 15.6 Å². The van der Waals surface area contributed by atoms with Crippen LogP contribution in [0.1, 0.15) is 12.8 Å². The second kappa shape index (κ2) is 7.29. The van der Waals surface area contributed by atoms with E-state index in [1.165, 1.54) is 0 Å². The molecule has 1 rings (SSSR count). The van der Waals surface area contributed by atoms with Crippen molar-refractivity contribution < 1.29 is 19.4 Å². The molecule has 1 aromatic rings. The Hall–Kier alpha value is -2.08. The number of carboxylic acids is 1. The number of para-hydroxylation sites is 2. The second-order valence-corrected chi connectivity index (χ2v) is 3.62. The van der Waals surface area contributed by atoms with Crippen molar-refractivity contribution >= 4 is 17.6 Å². The average Bonchev–Trinajstić information content (AvgIpc) is 2.35. The SMILES string of the molecule is NCCCC(=O)Nc1ccccc1OCC(=O)O. The number of nitrogens with one attached hydrogen (secondary N) is 1. The van der Waals surface area contributed by atoms with Crippen LogP contribution in [0.3, 0.4) is 0 Å². The average molecular weight is 252 g/mol. The van der Waals surface area contributed by atoms with Gasteiger partial charge in [0, 0.05) is 6.42 Å². The fraction of sp³-hybridized carbons (Fsp3) is 0.333. The van der Waals surface area contributed by atoms with Crippen LogP contribution in [0, 0.1) is 0 Å². The first-order valence-electron chi connectivity index (χ1n) is 5.57. The van der Waals surface area contributed by atoms with Gasteiger partial charge in [0.05, 0.1) is 5.69 Å². The lowest BCUT2D eigenvalue weighted by Gasteiger charge is -2.10. The Morgan fingerprint density at radius 2 is 2.06 bits per heavy atom. The van der Waals surface area contributed by atoms with Crippen LogP contribution in [0.5, 0.6) is 5.75 Å². The number of carbonyl (C=O) groups excluding carboxylic acids is 1. The Kier molecular flexibility index (Phi) is 5.66. The summed E-state index contributed by atoms with van der Waals surface area (Å²) >= 11 is 0. The lowest BCUT2D eigenvalue weighted by atomic mass is 10.2. The van der Waals surface area contributed by atoms with Gasteiger partial charge in [-0.3, -0.25) is 4.79 Å². The zero-order valence-electron chi connectivity index (χ0n) is 9.89. The highest BCUT2D eigenvalue weighted by atomic mass is 16.5. The number of rotatable bonds is 7. The molecule has 1 aromatic carbocycles. The molecule has 4 N–H and O–H groups in total. The van der Waals surface area contributed by atoms with E-state index in [0.29, 0.717) is 30.8 Å². The van der Waals surface area contributed by atoms with Crippen molar-refractivity contribution in [3.63, 3.8) is 0 Å². The van der Waals surface area contributed by atoms with Gasteiger partial charge < -0.3 is 20.9 Å². The quantitative estimate of drug-likeness (QED) is 0.667. The van der Waals surface area contributed by atoms with E-state index in [1.54, 1.807) is 24.3 Å². The number of benzene rings is 1. The Balaban J connectivity index is 2.63. The topological polar surface area (TPSA) is 102 Å². The molecule has 18 heavy (non-hydrogen) atoms. The smallest absolute Gasteiger partial charge is 0.341 e. The number of carboxylic acid groups (broad SMARTS) is 1. The predicted octanol–water partition coefficient (Wildman–Crippen LogP) is 0.827. The third-order valence-electron chi connectivity index (χ3n) is 2.12. The van der Waals surface area contributed by atoms with Crippen LogP contribution in [-0.2, 0) is 9.59 Å². The number of hydrogen-bond acceptors (Lipinski definition) is 4. The van der Waals surface area contributed by atoms with Gasteiger partial charge in [0.2, 0.25) is 5.91 Å². The van der Waals surface area contributed by atoms with E-state index < -0.39 is 12.6 Å². The standard InChI is InChI=1S/C12H16N2O4/c13-7-3-6-11(15)14-9-4-1-2-5-10(9)18-8-12(16)17/h1-2,4-5H,3,6-8,13H2,(H,14,15)(H,16,17). The van der Waals surface area contributed by atoms with Crippen LogP contribution in [0.4, 0.5) is 5.69 Å². The normalized spacial score (nSPS) is 9.83. The first-order valence-corrected chi connectivity index (χ1v) is 5.57. The van der Waals surface area contributed by atoms with Gasteiger partial charge in [0.25, 0.3) is 0 Å². The molecule has 0 bridgehead atoms. The van der Waals surface area contributed by atoms with Crippen molar-refractivity contribution in [2.45, 2.75) is 12.8 Å². The minimum atomic E-state index is -1.07. The summed E-state index contributed by atoms with van der Waals surface area (Å²) in [6, 6.07) is 6.68. The maximum atomic E-state index is 11.5. The molecular formula is C12H16N2O4. The van der Waals surface area contributed by atoms with Crippen LogP contribution in [0.25, 0.3) is 0 Å². The molecule has 0 atom stereocenters. The molecule has 0 saturated carbocycles. The highest BCUT2D eigenvalue weighted by molar-refractivity contribution is 5.92. The first-order chi connectivity index (χ1) is 8.63. The van der Waals surface area contributed by atoms with E-state index in [1.807, 2.05) is 0 Å². The number of aliphatic carboxylic acids is 1. The number of anilines is 1. The highest BCUT2D eigenvalue weighted by Gasteiger charge is 2.08. The third kappa shape index (κ3) is 4.84. The minimum Gasteiger partial charge on any atom is -0.480 e. The number of carbonyl (C=O) groups is 2. The monoisotopic (exact) mass is 252 g/mol. The molecule has 0 unspecified atom stereocenters. The lowest BCUT2D eigenvalue weighted by molar-refractivity contribution is -0.139. The Morgan fingerprint density at radius 3 is 2.72 bits per heavy atom. The van der Waals surface area contributed by atoms with Crippen LogP contribution in [-0.4, -0.2) is 30.1 Å². The largest absolute Gasteiger partial charge is 0.480 e. The van der Waals surface area contributed by atoms with Crippen molar-refractivity contribution in [3.05, 3.63) is 24.3 Å². The van der Waals surface area contributed by atoms with Gasteiger partial charge in [0.1, 0.15) is 5.75 Å². The fourth-order valence-electron chi connectivity index (χ4n) is 1.31. The third-order valence-corrected chi connectivity index (χ3v) is 2.12. The molecule has 0 aromatic heterocycles. The predicted molar refractivity (Wildman–Crippen MR) is 66.5 cm³/mol. The van der Waals surface area contributed by atoms with E-state index in [2.05, 4.69) is 5.32 Å². The van der Waals surface area contributed by atoms with Gasteiger partial charge in [-0.2, -0.15) is 0 Å². The van der Waals surface area contributed by atoms with E-state index in [-0.39, 0.29) is 5.91 Å². The van der Waals surface area contributed by atoms with Crippen molar-refractivity contribution in [3.8, 4) is 5.75 Å². The summed E-state index contributed by atoms with van der Waals surface area (Å²) in [6.07, 6.45) is 0.924. The van der Waals surface area contributed by atoms with Gasteiger partial charge in [-0.1, -0.05) is 12.1 Å². The Morgan fingerprint density at radius 1 is 1.33 bits per heavy atom. The Bertz CT molecular complexity index is 420. The van der Waals surface area contributed by atoms with E-state index in [0.717, 1.165) is 0 Å². The summed E-state index contributed by atoms with van der Waals surface area (Å²) in [5.74, 6) is -0.910. The molecule has 0 aliphatic heterocycles. The first kappa shape index (κ1) is 14.0. The number of hydrogen-bond donors (Lipinski definition) is 3. The summed E-state index contributed by atoms with van der Waals surface area (Å²) in [4.78, 5) is 21.9. The summed E-state index contributed by atoms with van der Waals surface area (Å²) in [5.41, 5.74) is 5.77. The number of amides is 1. The fourth-order valence-corrected chi connectivity index (χ4v) is 1.31. The summed E-state index contributed by atoms with van der Waals surface area (Å²) in [7, 11) is 0.